The molecule has 0 aromatic heterocycles. The quantitative estimate of drug-likeness (QED) is 0.380. The smallest absolute Gasteiger partial charge is 0.242 e. The Kier molecular flexibility index (Phi) is 9.04. The van der Waals surface area contributed by atoms with Crippen molar-refractivity contribution in [1.29, 1.82) is 0 Å². The van der Waals surface area contributed by atoms with Gasteiger partial charge in [-0.05, 0) is 35.4 Å². The third kappa shape index (κ3) is 6.64. The van der Waals surface area contributed by atoms with Crippen LogP contribution < -0.4 is 5.32 Å². The summed E-state index contributed by atoms with van der Waals surface area (Å²) in [5.41, 5.74) is 2.09. The highest BCUT2D eigenvalue weighted by Crippen LogP contribution is 2.28. The van der Waals surface area contributed by atoms with E-state index in [1.807, 2.05) is 30.3 Å². The normalized spacial score (nSPS) is 11.7. The predicted molar refractivity (Wildman–Crippen MR) is 135 cm³/mol. The largest absolute Gasteiger partial charge is 0.357 e. The Morgan fingerprint density at radius 3 is 2.15 bits per heavy atom. The molecule has 0 aliphatic heterocycles. The Hall–Kier alpha value is -2.24. The summed E-state index contributed by atoms with van der Waals surface area (Å²) in [7, 11) is 1.54. The van der Waals surface area contributed by atoms with Crippen molar-refractivity contribution in [3.63, 3.8) is 0 Å². The minimum atomic E-state index is -0.789. The number of hydrogen-bond donors (Lipinski definition) is 1. The summed E-state index contributed by atoms with van der Waals surface area (Å²) in [6.45, 7) is 0.0630. The van der Waals surface area contributed by atoms with Crippen molar-refractivity contribution in [3.05, 3.63) is 104 Å². The Bertz CT molecular complexity index is 1120. The third-order valence-electron chi connectivity index (χ3n) is 5.26. The topological polar surface area (TPSA) is 49.4 Å². The van der Waals surface area contributed by atoms with Crippen molar-refractivity contribution in [3.8, 4) is 0 Å². The minimum Gasteiger partial charge on any atom is -0.357 e. The van der Waals surface area contributed by atoms with Crippen LogP contribution in [0.2, 0.25) is 20.1 Å². The first-order valence-corrected chi connectivity index (χ1v) is 11.7. The van der Waals surface area contributed by atoms with Gasteiger partial charge in [-0.25, -0.2) is 0 Å². The fourth-order valence-corrected chi connectivity index (χ4v) is 4.50. The van der Waals surface area contributed by atoms with Gasteiger partial charge in [-0.3, -0.25) is 9.59 Å². The van der Waals surface area contributed by atoms with Crippen LogP contribution in [0.25, 0.3) is 0 Å². The molecule has 0 aliphatic carbocycles. The van der Waals surface area contributed by atoms with E-state index in [1.165, 1.54) is 4.90 Å². The van der Waals surface area contributed by atoms with Gasteiger partial charge < -0.3 is 10.2 Å². The molecule has 3 rings (SSSR count). The van der Waals surface area contributed by atoms with E-state index in [1.54, 1.807) is 43.4 Å². The molecule has 4 nitrogen and oxygen atoms in total. The SMILES string of the molecule is CNC(=O)[C@H](Cc1ccccc1)N(Cc1c(Cl)cccc1Cl)C(=O)Cc1ccc(Cl)cc1Cl. The number of carbonyl (C=O) groups excluding carboxylic acids is 2. The molecule has 0 heterocycles. The zero-order chi connectivity index (χ0) is 24.0. The molecule has 0 saturated heterocycles. The summed E-state index contributed by atoms with van der Waals surface area (Å²) in [6.07, 6.45) is 0.309. The molecule has 1 N–H and O–H groups in total. The molecule has 1 atom stereocenters. The average Bonchev–Trinajstić information content (AvgIpc) is 2.79. The van der Waals surface area contributed by atoms with Gasteiger partial charge in [0.05, 0.1) is 6.42 Å². The molecule has 8 heteroatoms. The highest BCUT2D eigenvalue weighted by Gasteiger charge is 2.31. The van der Waals surface area contributed by atoms with Crippen LogP contribution in [0.5, 0.6) is 0 Å². The number of benzene rings is 3. The Balaban J connectivity index is 2.01. The van der Waals surface area contributed by atoms with Gasteiger partial charge in [-0.2, -0.15) is 0 Å². The van der Waals surface area contributed by atoms with Gasteiger partial charge >= 0.3 is 0 Å². The molecule has 3 aromatic rings. The van der Waals surface area contributed by atoms with E-state index in [0.29, 0.717) is 37.6 Å². The molecule has 0 unspecified atom stereocenters. The van der Waals surface area contributed by atoms with Crippen LogP contribution in [0.3, 0.4) is 0 Å². The van der Waals surface area contributed by atoms with Crippen molar-refractivity contribution in [2.45, 2.75) is 25.4 Å². The van der Waals surface area contributed by atoms with Crippen molar-refractivity contribution in [1.82, 2.24) is 10.2 Å². The second kappa shape index (κ2) is 11.8. The molecule has 3 aromatic carbocycles. The van der Waals surface area contributed by atoms with Gasteiger partial charge in [0.15, 0.2) is 0 Å². The van der Waals surface area contributed by atoms with Crippen molar-refractivity contribution < 1.29 is 9.59 Å². The minimum absolute atomic E-state index is 0.0135. The van der Waals surface area contributed by atoms with Crippen LogP contribution >= 0.6 is 46.4 Å². The zero-order valence-electron chi connectivity index (χ0n) is 17.8. The summed E-state index contributed by atoms with van der Waals surface area (Å²) >= 11 is 25.1. The van der Waals surface area contributed by atoms with E-state index >= 15 is 0 Å². The highest BCUT2D eigenvalue weighted by atomic mass is 35.5. The third-order valence-corrected chi connectivity index (χ3v) is 6.56. The lowest BCUT2D eigenvalue weighted by Crippen LogP contribution is -2.50. The van der Waals surface area contributed by atoms with Crippen molar-refractivity contribution in [2.75, 3.05) is 7.05 Å². The van der Waals surface area contributed by atoms with Crippen molar-refractivity contribution >= 4 is 58.2 Å². The molecule has 0 fully saturated rings. The standard InChI is InChI=1S/C25H22Cl4N2O2/c1-30-25(33)23(12-16-6-3-2-4-7-16)31(15-19-20(27)8-5-9-21(19)28)24(32)13-17-10-11-18(26)14-22(17)29/h2-11,14,23H,12-13,15H2,1H3,(H,30,33)/t23-/m0/s1. The lowest BCUT2D eigenvalue weighted by molar-refractivity contribution is -0.140. The Labute approximate surface area is 213 Å². The number of rotatable bonds is 8. The molecule has 0 saturated carbocycles. The van der Waals surface area contributed by atoms with Gasteiger partial charge in [-0.15, -0.1) is 0 Å². The highest BCUT2D eigenvalue weighted by molar-refractivity contribution is 6.36. The molecule has 33 heavy (non-hydrogen) atoms. The summed E-state index contributed by atoms with van der Waals surface area (Å²) in [5.74, 6) is -0.586. The number of carbonyl (C=O) groups is 2. The van der Waals surface area contributed by atoms with Gasteiger partial charge in [0.25, 0.3) is 0 Å². The van der Waals surface area contributed by atoms with E-state index in [9.17, 15) is 9.59 Å². The summed E-state index contributed by atoms with van der Waals surface area (Å²) in [4.78, 5) is 28.1. The second-order valence-electron chi connectivity index (χ2n) is 7.45. The van der Waals surface area contributed by atoms with E-state index in [2.05, 4.69) is 5.32 Å². The van der Waals surface area contributed by atoms with Crippen LogP contribution in [0.1, 0.15) is 16.7 Å². The summed E-state index contributed by atoms with van der Waals surface area (Å²) < 4.78 is 0. The molecule has 172 valence electrons. The lowest BCUT2D eigenvalue weighted by Gasteiger charge is -2.32. The van der Waals surface area contributed by atoms with Crippen LogP contribution in [0.15, 0.2) is 66.7 Å². The molecule has 0 aliphatic rings. The van der Waals surface area contributed by atoms with E-state index in [-0.39, 0.29) is 24.8 Å². The number of nitrogens with zero attached hydrogens (tertiary/aromatic N) is 1. The lowest BCUT2D eigenvalue weighted by atomic mass is 10.0. The molecular formula is C25H22Cl4N2O2. The zero-order valence-corrected chi connectivity index (χ0v) is 20.8. The molecule has 0 radical (unpaired) electrons. The van der Waals surface area contributed by atoms with E-state index in [0.717, 1.165) is 5.56 Å². The number of halogens is 4. The maximum absolute atomic E-state index is 13.6. The average molecular weight is 524 g/mol. The second-order valence-corrected chi connectivity index (χ2v) is 9.11. The number of likely N-dealkylation sites (N-methyl/N-ethyl adjacent to an activating group) is 1. The maximum atomic E-state index is 13.6. The number of nitrogens with one attached hydrogen (secondary N) is 1. The van der Waals surface area contributed by atoms with Gasteiger partial charge in [0.2, 0.25) is 11.8 Å². The first-order chi connectivity index (χ1) is 15.8. The van der Waals surface area contributed by atoms with Crippen LogP contribution in [0.4, 0.5) is 0 Å². The van der Waals surface area contributed by atoms with Gasteiger partial charge in [0, 0.05) is 45.7 Å². The fraction of sp³-hybridized carbons (Fsp3) is 0.200. The van der Waals surface area contributed by atoms with Crippen molar-refractivity contribution in [2.24, 2.45) is 0 Å². The monoisotopic (exact) mass is 522 g/mol. The van der Waals surface area contributed by atoms with Crippen LogP contribution in [-0.2, 0) is 29.0 Å². The fourth-order valence-electron chi connectivity index (χ4n) is 3.50. The Morgan fingerprint density at radius 2 is 1.55 bits per heavy atom. The van der Waals surface area contributed by atoms with E-state index < -0.39 is 6.04 Å². The maximum Gasteiger partial charge on any atom is 0.242 e. The van der Waals surface area contributed by atoms with Gasteiger partial charge in [-0.1, -0.05) is 88.9 Å². The number of hydrogen-bond acceptors (Lipinski definition) is 2. The molecular weight excluding hydrogens is 502 g/mol. The first-order valence-electron chi connectivity index (χ1n) is 10.2. The van der Waals surface area contributed by atoms with Gasteiger partial charge in [0.1, 0.15) is 6.04 Å². The number of amides is 2. The molecule has 0 bridgehead atoms. The first kappa shape index (κ1) is 25.4. The molecule has 0 spiro atoms. The van der Waals surface area contributed by atoms with E-state index in [4.69, 9.17) is 46.4 Å². The predicted octanol–water partition coefficient (Wildman–Crippen LogP) is 6.23. The summed E-state index contributed by atoms with van der Waals surface area (Å²) in [6, 6.07) is 18.8. The van der Waals surface area contributed by atoms with Crippen LogP contribution in [0, 0.1) is 0 Å². The Morgan fingerprint density at radius 1 is 0.879 bits per heavy atom. The molecule has 2 amide bonds. The van der Waals surface area contributed by atoms with Crippen LogP contribution in [-0.4, -0.2) is 29.8 Å². The summed E-state index contributed by atoms with van der Waals surface area (Å²) in [5, 5.41) is 4.37.